The normalized spacial score (nSPS) is 11.5. The van der Waals surface area contributed by atoms with E-state index < -0.39 is 5.92 Å². The second-order valence-electron chi connectivity index (χ2n) is 4.21. The van der Waals surface area contributed by atoms with Gasteiger partial charge < -0.3 is 5.32 Å². The predicted molar refractivity (Wildman–Crippen MR) is 93.0 cm³/mol. The van der Waals surface area contributed by atoms with Gasteiger partial charge in [0.15, 0.2) is 5.92 Å². The average molecular weight is 473 g/mol. The molecule has 106 valence electrons. The minimum Gasteiger partial charge on any atom is -0.323 e. The number of nitrogens with zero attached hydrogens (tertiary/aromatic N) is 1. The van der Waals surface area contributed by atoms with Crippen LogP contribution >= 0.6 is 47.8 Å². The molecule has 3 nitrogen and oxygen atoms in total. The number of carbonyl (C=O) groups is 1. The van der Waals surface area contributed by atoms with E-state index in [-0.39, 0.29) is 5.91 Å². The summed E-state index contributed by atoms with van der Waals surface area (Å²) >= 11 is 10.2. The van der Waals surface area contributed by atoms with Gasteiger partial charge in [0.1, 0.15) is 0 Å². The Labute approximate surface area is 147 Å². The number of anilines is 1. The maximum atomic E-state index is 12.3. The summed E-state index contributed by atoms with van der Waals surface area (Å²) in [7, 11) is 0. The van der Waals surface area contributed by atoms with Gasteiger partial charge in [-0.25, -0.2) is 0 Å². The van der Waals surface area contributed by atoms with Crippen molar-refractivity contribution in [3.8, 4) is 6.07 Å². The third-order valence-corrected chi connectivity index (χ3v) is 4.49. The molecule has 6 heteroatoms. The van der Waals surface area contributed by atoms with Crippen LogP contribution in [0, 0.1) is 11.3 Å². The van der Waals surface area contributed by atoms with Crippen molar-refractivity contribution in [2.45, 2.75) is 5.92 Å². The fourth-order valence-corrected chi connectivity index (χ4v) is 4.24. The van der Waals surface area contributed by atoms with Crippen molar-refractivity contribution in [3.05, 3.63) is 61.4 Å². The van der Waals surface area contributed by atoms with E-state index in [1.807, 2.05) is 24.3 Å². The quantitative estimate of drug-likeness (QED) is 0.665. The van der Waals surface area contributed by atoms with Crippen LogP contribution in [0.15, 0.2) is 55.9 Å². The van der Waals surface area contributed by atoms with Crippen molar-refractivity contribution in [3.63, 3.8) is 0 Å². The van der Waals surface area contributed by atoms with Gasteiger partial charge in [0.25, 0.3) is 0 Å². The molecule has 0 aliphatic carbocycles. The number of nitriles is 1. The van der Waals surface area contributed by atoms with Crippen molar-refractivity contribution in [1.29, 1.82) is 5.26 Å². The highest BCUT2D eigenvalue weighted by Gasteiger charge is 2.21. The van der Waals surface area contributed by atoms with E-state index in [1.165, 1.54) is 0 Å². The zero-order valence-corrected chi connectivity index (χ0v) is 15.4. The Hall–Kier alpha value is -1.16. The Morgan fingerprint density at radius 3 is 2.19 bits per heavy atom. The van der Waals surface area contributed by atoms with Gasteiger partial charge in [0.2, 0.25) is 5.91 Å². The summed E-state index contributed by atoms with van der Waals surface area (Å²) < 4.78 is 2.32. The maximum absolute atomic E-state index is 12.3. The molecule has 0 aliphatic heterocycles. The molecule has 0 saturated heterocycles. The molecular formula is C15H9Br3N2O. The average Bonchev–Trinajstić information content (AvgIpc) is 2.45. The van der Waals surface area contributed by atoms with Crippen LogP contribution in [0.2, 0.25) is 0 Å². The van der Waals surface area contributed by atoms with Gasteiger partial charge in [-0.3, -0.25) is 4.79 Å². The first-order chi connectivity index (χ1) is 10.0. The minimum absolute atomic E-state index is 0.368. The third kappa shape index (κ3) is 3.94. The van der Waals surface area contributed by atoms with Crippen LogP contribution in [0.5, 0.6) is 0 Å². The predicted octanol–water partition coefficient (Wildman–Crippen LogP) is 5.22. The summed E-state index contributed by atoms with van der Waals surface area (Å²) in [4.78, 5) is 12.3. The second-order valence-corrected chi connectivity index (χ2v) is 6.83. The highest BCUT2D eigenvalue weighted by Crippen LogP contribution is 2.35. The van der Waals surface area contributed by atoms with Gasteiger partial charge in [-0.05, 0) is 49.6 Å². The monoisotopic (exact) mass is 470 g/mol. The number of carbonyl (C=O) groups excluding carboxylic acids is 1. The number of benzene rings is 2. The Balaban J connectivity index is 2.28. The molecular weight excluding hydrogens is 464 g/mol. The summed E-state index contributed by atoms with van der Waals surface area (Å²) in [5.74, 6) is -1.22. The van der Waals surface area contributed by atoms with Crippen LogP contribution in [0.3, 0.4) is 0 Å². The Bertz CT molecular complexity index is 688. The molecule has 2 aromatic rings. The third-order valence-electron chi connectivity index (χ3n) is 2.78. The smallest absolute Gasteiger partial charge is 0.246 e. The van der Waals surface area contributed by atoms with Crippen molar-refractivity contribution in [2.75, 3.05) is 5.32 Å². The molecule has 1 atom stereocenters. The number of nitrogens with one attached hydrogen (secondary N) is 1. The van der Waals surface area contributed by atoms with Crippen LogP contribution < -0.4 is 5.32 Å². The molecule has 0 aromatic heterocycles. The van der Waals surface area contributed by atoms with Crippen LogP contribution in [0.4, 0.5) is 5.69 Å². The lowest BCUT2D eigenvalue weighted by Gasteiger charge is -2.13. The van der Waals surface area contributed by atoms with Gasteiger partial charge in [-0.2, -0.15) is 5.26 Å². The summed E-state index contributed by atoms with van der Waals surface area (Å²) in [6.45, 7) is 0. The largest absolute Gasteiger partial charge is 0.323 e. The Kier molecular flexibility index (Phi) is 5.57. The highest BCUT2D eigenvalue weighted by atomic mass is 79.9. The molecule has 2 rings (SSSR count). The molecule has 0 spiro atoms. The van der Waals surface area contributed by atoms with Crippen LogP contribution in [-0.4, -0.2) is 5.91 Å². The van der Waals surface area contributed by atoms with Gasteiger partial charge in [0, 0.05) is 13.4 Å². The Morgan fingerprint density at radius 2 is 1.67 bits per heavy atom. The van der Waals surface area contributed by atoms with E-state index in [0.717, 1.165) is 13.4 Å². The first-order valence-electron chi connectivity index (χ1n) is 5.93. The molecule has 0 fully saturated rings. The fourth-order valence-electron chi connectivity index (χ4n) is 1.79. The van der Waals surface area contributed by atoms with E-state index in [2.05, 4.69) is 53.1 Å². The molecule has 0 radical (unpaired) electrons. The molecule has 1 amide bonds. The van der Waals surface area contributed by atoms with Crippen molar-refractivity contribution < 1.29 is 4.79 Å². The first kappa shape index (κ1) is 16.2. The SMILES string of the molecule is N#CC(C(=O)Nc1c(Br)cc(Br)cc1Br)c1ccccc1. The Morgan fingerprint density at radius 1 is 1.10 bits per heavy atom. The van der Waals surface area contributed by atoms with E-state index >= 15 is 0 Å². The topological polar surface area (TPSA) is 52.9 Å². The summed E-state index contributed by atoms with van der Waals surface area (Å²) in [5.41, 5.74) is 1.27. The summed E-state index contributed by atoms with van der Waals surface area (Å²) in [5, 5.41) is 12.0. The number of amides is 1. The maximum Gasteiger partial charge on any atom is 0.246 e. The van der Waals surface area contributed by atoms with Crippen molar-refractivity contribution in [1.82, 2.24) is 0 Å². The van der Waals surface area contributed by atoms with Crippen LogP contribution in [0.1, 0.15) is 11.5 Å². The second kappa shape index (κ2) is 7.21. The van der Waals surface area contributed by atoms with Crippen molar-refractivity contribution >= 4 is 59.4 Å². The molecule has 0 aliphatic rings. The van der Waals surface area contributed by atoms with E-state index in [9.17, 15) is 10.1 Å². The number of hydrogen-bond acceptors (Lipinski definition) is 2. The minimum atomic E-state index is -0.853. The fraction of sp³-hybridized carbons (Fsp3) is 0.0667. The molecule has 1 unspecified atom stereocenters. The lowest BCUT2D eigenvalue weighted by Crippen LogP contribution is -2.20. The van der Waals surface area contributed by atoms with Crippen molar-refractivity contribution in [2.24, 2.45) is 0 Å². The number of rotatable bonds is 3. The molecule has 0 bridgehead atoms. The first-order valence-corrected chi connectivity index (χ1v) is 8.31. The van der Waals surface area contributed by atoms with E-state index in [0.29, 0.717) is 11.3 Å². The van der Waals surface area contributed by atoms with E-state index in [1.54, 1.807) is 24.3 Å². The number of hydrogen-bond donors (Lipinski definition) is 1. The van der Waals surface area contributed by atoms with Gasteiger partial charge in [0.05, 0.1) is 11.8 Å². The molecule has 0 saturated carbocycles. The highest BCUT2D eigenvalue weighted by molar-refractivity contribution is 9.11. The summed E-state index contributed by atoms with van der Waals surface area (Å²) in [6.07, 6.45) is 0. The number of halogens is 3. The summed E-state index contributed by atoms with van der Waals surface area (Å²) in [6, 6.07) is 14.7. The lowest BCUT2D eigenvalue weighted by atomic mass is 10.00. The zero-order valence-electron chi connectivity index (χ0n) is 10.6. The molecule has 2 aromatic carbocycles. The van der Waals surface area contributed by atoms with Gasteiger partial charge >= 0.3 is 0 Å². The zero-order chi connectivity index (χ0) is 15.4. The molecule has 1 N–H and O–H groups in total. The van der Waals surface area contributed by atoms with Gasteiger partial charge in [-0.1, -0.05) is 46.3 Å². The van der Waals surface area contributed by atoms with E-state index in [4.69, 9.17) is 0 Å². The lowest BCUT2D eigenvalue weighted by molar-refractivity contribution is -0.116. The molecule has 0 heterocycles. The standard InChI is InChI=1S/C15H9Br3N2O/c16-10-6-12(17)14(13(18)7-10)20-15(21)11(8-19)9-4-2-1-3-5-9/h1-7,11H,(H,20,21). The van der Waals surface area contributed by atoms with Crippen LogP contribution in [-0.2, 0) is 4.79 Å². The molecule has 21 heavy (non-hydrogen) atoms. The van der Waals surface area contributed by atoms with Gasteiger partial charge in [-0.15, -0.1) is 0 Å². The van der Waals surface area contributed by atoms with Crippen LogP contribution in [0.25, 0.3) is 0 Å².